The molecule has 0 aromatic heterocycles. The van der Waals surface area contributed by atoms with Crippen molar-refractivity contribution in [2.45, 2.75) is 18.1 Å². The van der Waals surface area contributed by atoms with Crippen LogP contribution in [-0.2, 0) is 9.84 Å². The van der Waals surface area contributed by atoms with Crippen molar-refractivity contribution in [1.82, 2.24) is 0 Å². The molecule has 1 fully saturated rings. The first-order valence-electron chi connectivity index (χ1n) is 3.44. The zero-order valence-corrected chi connectivity index (χ0v) is 6.89. The summed E-state index contributed by atoms with van der Waals surface area (Å²) >= 11 is 0. The largest absolute Gasteiger partial charge is 0.664 e. The van der Waals surface area contributed by atoms with Crippen LogP contribution >= 0.6 is 0 Å². The lowest BCUT2D eigenvalue weighted by Crippen LogP contribution is -2.19. The van der Waals surface area contributed by atoms with E-state index in [9.17, 15) is 8.42 Å². The first-order chi connectivity index (χ1) is 4.67. The predicted octanol–water partition coefficient (Wildman–Crippen LogP) is 0.567. The highest BCUT2D eigenvalue weighted by molar-refractivity contribution is 7.92. The zero-order chi connectivity index (χ0) is 7.61. The van der Waals surface area contributed by atoms with Crippen LogP contribution < -0.4 is 0 Å². The van der Waals surface area contributed by atoms with E-state index < -0.39 is 9.84 Å². The summed E-state index contributed by atoms with van der Waals surface area (Å²) in [5.41, 5.74) is 0. The van der Waals surface area contributed by atoms with E-state index in [-0.39, 0.29) is 5.25 Å². The van der Waals surface area contributed by atoms with Crippen LogP contribution in [0.2, 0.25) is 0 Å². The molecule has 60 valence electrons. The maximum atomic E-state index is 11.1. The van der Waals surface area contributed by atoms with E-state index in [0.29, 0.717) is 12.3 Å². The van der Waals surface area contributed by atoms with Gasteiger partial charge >= 0.3 is 0 Å². The summed E-state index contributed by atoms with van der Waals surface area (Å²) in [5, 5.41) is 3.67. The lowest BCUT2D eigenvalue weighted by atomic mass is 10.2. The first-order valence-corrected chi connectivity index (χ1v) is 5.15. The quantitative estimate of drug-likeness (QED) is 0.596. The van der Waals surface area contributed by atoms with Crippen molar-refractivity contribution >= 4 is 9.84 Å². The van der Waals surface area contributed by atoms with Crippen molar-refractivity contribution in [2.75, 3.05) is 19.3 Å². The third-order valence-corrected chi connectivity index (χ3v) is 4.11. The minimum Gasteiger partial charge on any atom is -0.664 e. The molecule has 0 radical (unpaired) electrons. The van der Waals surface area contributed by atoms with Gasteiger partial charge in [-0.05, 0) is 12.8 Å². The van der Waals surface area contributed by atoms with Crippen molar-refractivity contribution < 1.29 is 8.42 Å². The lowest BCUT2D eigenvalue weighted by molar-refractivity contribution is 0.592. The second kappa shape index (κ2) is 2.88. The highest BCUT2D eigenvalue weighted by atomic mass is 32.2. The van der Waals surface area contributed by atoms with Gasteiger partial charge in [0.1, 0.15) is 0 Å². The van der Waals surface area contributed by atoms with Gasteiger partial charge in [0.2, 0.25) is 0 Å². The van der Waals surface area contributed by atoms with Crippen molar-refractivity contribution in [3.63, 3.8) is 0 Å². The zero-order valence-electron chi connectivity index (χ0n) is 6.08. The van der Waals surface area contributed by atoms with Crippen LogP contribution in [0.25, 0.3) is 5.32 Å². The van der Waals surface area contributed by atoms with Crippen LogP contribution in [0.3, 0.4) is 0 Å². The molecule has 4 heteroatoms. The molecule has 0 amide bonds. The maximum absolute atomic E-state index is 11.1. The predicted molar refractivity (Wildman–Crippen MR) is 41.0 cm³/mol. The summed E-state index contributed by atoms with van der Waals surface area (Å²) in [6.45, 7) is 0.488. The van der Waals surface area contributed by atoms with E-state index >= 15 is 0 Å². The Morgan fingerprint density at radius 1 is 1.60 bits per heavy atom. The van der Waals surface area contributed by atoms with Crippen molar-refractivity contribution in [2.24, 2.45) is 0 Å². The van der Waals surface area contributed by atoms with Gasteiger partial charge in [0.15, 0.2) is 9.84 Å². The molecule has 1 rings (SSSR count). The fraction of sp³-hybridized carbons (Fsp3) is 1.00. The van der Waals surface area contributed by atoms with Gasteiger partial charge in [-0.3, -0.25) is 0 Å². The van der Waals surface area contributed by atoms with E-state index in [2.05, 4.69) is 5.32 Å². The Bertz CT molecular complexity index is 198. The molecule has 1 aliphatic rings. The van der Waals surface area contributed by atoms with Gasteiger partial charge in [0, 0.05) is 5.25 Å². The first kappa shape index (κ1) is 8.01. The summed E-state index contributed by atoms with van der Waals surface area (Å²) in [6, 6.07) is 0. The van der Waals surface area contributed by atoms with Crippen LogP contribution in [0, 0.1) is 0 Å². The Balaban J connectivity index is 2.60. The summed E-state index contributed by atoms with van der Waals surface area (Å²) in [7, 11) is -1.08. The molecule has 1 atom stereocenters. The number of nitrogens with zero attached hydrogens (tertiary/aromatic N) is 1. The molecule has 1 saturated heterocycles. The fourth-order valence-corrected chi connectivity index (χ4v) is 3.07. The monoisotopic (exact) mass is 162 g/mol. The summed E-state index contributed by atoms with van der Waals surface area (Å²) in [4.78, 5) is 0. The van der Waals surface area contributed by atoms with Gasteiger partial charge < -0.3 is 5.32 Å². The van der Waals surface area contributed by atoms with E-state index in [1.807, 2.05) is 0 Å². The molecule has 0 bridgehead atoms. The number of sulfone groups is 1. The summed E-state index contributed by atoms with van der Waals surface area (Å²) < 4.78 is 22.2. The molecule has 0 saturated carbocycles. The molecule has 1 unspecified atom stereocenters. The maximum Gasteiger partial charge on any atom is 0.151 e. The average molecular weight is 162 g/mol. The Labute approximate surface area is 61.7 Å². The topological polar surface area (TPSA) is 48.2 Å². The molecule has 3 nitrogen and oxygen atoms in total. The minimum atomic E-state index is -2.74. The van der Waals surface area contributed by atoms with Crippen LogP contribution in [-0.4, -0.2) is 33.0 Å². The highest BCUT2D eigenvalue weighted by Crippen LogP contribution is 2.20. The van der Waals surface area contributed by atoms with Crippen LogP contribution in [0.1, 0.15) is 12.8 Å². The number of hydrogen-bond acceptors (Lipinski definition) is 2. The van der Waals surface area contributed by atoms with Crippen LogP contribution in [0.5, 0.6) is 0 Å². The Morgan fingerprint density at radius 2 is 2.30 bits per heavy atom. The van der Waals surface area contributed by atoms with E-state index in [1.54, 1.807) is 7.05 Å². The van der Waals surface area contributed by atoms with Crippen LogP contribution in [0.4, 0.5) is 0 Å². The Hall–Kier alpha value is -0.0900. The molecule has 0 N–H and O–H groups in total. The fourth-order valence-electron chi connectivity index (χ4n) is 1.27. The molecule has 0 aliphatic carbocycles. The standard InChI is InChI=1S/C6H12NO2S/c1-7-5-6-3-2-4-10(6,8)9/h6H,2-5H2,1H3/q-1. The van der Waals surface area contributed by atoms with Gasteiger partial charge in [-0.15, -0.1) is 6.54 Å². The normalized spacial score (nSPS) is 30.7. The smallest absolute Gasteiger partial charge is 0.151 e. The van der Waals surface area contributed by atoms with Gasteiger partial charge in [-0.2, -0.15) is 7.05 Å². The number of rotatable bonds is 2. The number of hydrogen-bond donors (Lipinski definition) is 0. The molecule has 0 spiro atoms. The lowest BCUT2D eigenvalue weighted by Gasteiger charge is -2.16. The van der Waals surface area contributed by atoms with Gasteiger partial charge in [0.05, 0.1) is 5.75 Å². The molecule has 1 heterocycles. The molecule has 1 aliphatic heterocycles. The van der Waals surface area contributed by atoms with Crippen molar-refractivity contribution in [3.8, 4) is 0 Å². The third kappa shape index (κ3) is 1.49. The Kier molecular flexibility index (Phi) is 2.31. The van der Waals surface area contributed by atoms with E-state index in [0.717, 1.165) is 12.8 Å². The third-order valence-electron chi connectivity index (χ3n) is 1.85. The average Bonchev–Trinajstić information content (AvgIpc) is 2.13. The molecular formula is C6H12NO2S-. The second-order valence-electron chi connectivity index (χ2n) is 2.63. The van der Waals surface area contributed by atoms with E-state index in [1.165, 1.54) is 0 Å². The van der Waals surface area contributed by atoms with E-state index in [4.69, 9.17) is 0 Å². The van der Waals surface area contributed by atoms with Gasteiger partial charge in [-0.1, -0.05) is 0 Å². The van der Waals surface area contributed by atoms with Crippen LogP contribution in [0.15, 0.2) is 0 Å². The molecule has 0 aromatic carbocycles. The summed E-state index contributed by atoms with van der Waals surface area (Å²) in [5.74, 6) is 0.368. The molecular weight excluding hydrogens is 150 g/mol. The Morgan fingerprint density at radius 3 is 2.70 bits per heavy atom. The minimum absolute atomic E-state index is 0.169. The van der Waals surface area contributed by atoms with Crippen molar-refractivity contribution in [1.29, 1.82) is 0 Å². The summed E-state index contributed by atoms with van der Waals surface area (Å²) in [6.07, 6.45) is 1.63. The molecule has 10 heavy (non-hydrogen) atoms. The molecule has 0 aromatic rings. The van der Waals surface area contributed by atoms with Gasteiger partial charge in [-0.25, -0.2) is 8.42 Å². The van der Waals surface area contributed by atoms with Gasteiger partial charge in [0.25, 0.3) is 0 Å². The highest BCUT2D eigenvalue weighted by Gasteiger charge is 2.27. The SMILES string of the molecule is C[N-]CC1CCCS1(=O)=O. The van der Waals surface area contributed by atoms with Crippen molar-refractivity contribution in [3.05, 3.63) is 5.32 Å². The second-order valence-corrected chi connectivity index (χ2v) is 5.03.